The van der Waals surface area contributed by atoms with Crippen LogP contribution in [0.2, 0.25) is 5.02 Å². The van der Waals surface area contributed by atoms with Gasteiger partial charge in [-0.25, -0.2) is 4.79 Å². The summed E-state index contributed by atoms with van der Waals surface area (Å²) in [7, 11) is 0. The Labute approximate surface area is 107 Å². The second-order valence-corrected chi connectivity index (χ2v) is 3.98. The van der Waals surface area contributed by atoms with E-state index in [2.05, 4.69) is 10.4 Å². The first-order chi connectivity index (χ1) is 8.09. The topological polar surface area (TPSA) is 61.8 Å². The molecule has 0 saturated carbocycles. The molecular weight excluding hydrogens is 265 g/mol. The molecule has 0 spiro atoms. The predicted molar refractivity (Wildman–Crippen MR) is 66.0 cm³/mol. The molecule has 1 aromatic carbocycles. The molecule has 7 heteroatoms. The van der Waals surface area contributed by atoms with E-state index in [0.717, 1.165) is 5.01 Å². The molecule has 0 unspecified atom stereocenters. The molecule has 2 amide bonds. The third-order valence-electron chi connectivity index (χ3n) is 2.14. The van der Waals surface area contributed by atoms with Crippen LogP contribution in [0.4, 0.5) is 10.5 Å². The second-order valence-electron chi connectivity index (χ2n) is 3.23. The Bertz CT molecular complexity index is 516. The SMILES string of the molecule is O=C(Cl)c1cc(N2N=CCNC2=O)ccc1Cl. The van der Waals surface area contributed by atoms with Crippen LogP contribution < -0.4 is 10.3 Å². The standard InChI is InChI=1S/C10H7Cl2N3O2/c11-8-2-1-6(5-7(8)9(12)16)15-10(17)13-3-4-14-15/h1-2,4-5H,3H2,(H,13,17). The number of halogens is 2. The van der Waals surface area contributed by atoms with Crippen LogP contribution in [0.3, 0.4) is 0 Å². The Kier molecular flexibility index (Phi) is 3.31. The van der Waals surface area contributed by atoms with Gasteiger partial charge in [0, 0.05) is 6.21 Å². The molecule has 1 aliphatic rings. The van der Waals surface area contributed by atoms with E-state index >= 15 is 0 Å². The Morgan fingerprint density at radius 2 is 2.24 bits per heavy atom. The van der Waals surface area contributed by atoms with E-state index in [0.29, 0.717) is 12.2 Å². The summed E-state index contributed by atoms with van der Waals surface area (Å²) in [4.78, 5) is 22.6. The molecule has 0 atom stereocenters. The zero-order valence-electron chi connectivity index (χ0n) is 8.48. The Balaban J connectivity index is 2.42. The summed E-state index contributed by atoms with van der Waals surface area (Å²) in [6.07, 6.45) is 1.54. The highest BCUT2D eigenvalue weighted by Crippen LogP contribution is 2.25. The molecule has 1 N–H and O–H groups in total. The lowest BCUT2D eigenvalue weighted by atomic mass is 10.2. The van der Waals surface area contributed by atoms with E-state index < -0.39 is 5.24 Å². The monoisotopic (exact) mass is 271 g/mol. The summed E-state index contributed by atoms with van der Waals surface area (Å²) in [5.74, 6) is 0. The lowest BCUT2D eigenvalue weighted by molar-refractivity contribution is 0.108. The number of nitrogens with one attached hydrogen (secondary N) is 1. The van der Waals surface area contributed by atoms with E-state index in [1.54, 1.807) is 6.07 Å². The molecule has 0 saturated heterocycles. The molecule has 0 fully saturated rings. The van der Waals surface area contributed by atoms with Gasteiger partial charge in [0.25, 0.3) is 5.24 Å². The number of benzene rings is 1. The number of urea groups is 1. The first-order valence-electron chi connectivity index (χ1n) is 4.69. The van der Waals surface area contributed by atoms with Crippen LogP contribution in [0.1, 0.15) is 10.4 Å². The predicted octanol–water partition coefficient (Wildman–Crippen LogP) is 2.23. The van der Waals surface area contributed by atoms with Crippen molar-refractivity contribution in [2.24, 2.45) is 5.10 Å². The fourth-order valence-electron chi connectivity index (χ4n) is 1.36. The van der Waals surface area contributed by atoms with E-state index in [1.165, 1.54) is 18.3 Å². The van der Waals surface area contributed by atoms with Crippen molar-refractivity contribution in [2.75, 3.05) is 11.6 Å². The highest BCUT2D eigenvalue weighted by Gasteiger charge is 2.19. The lowest BCUT2D eigenvalue weighted by Gasteiger charge is -2.21. The third-order valence-corrected chi connectivity index (χ3v) is 2.67. The maximum Gasteiger partial charge on any atom is 0.342 e. The quantitative estimate of drug-likeness (QED) is 0.839. The molecule has 0 bridgehead atoms. The van der Waals surface area contributed by atoms with Crippen molar-refractivity contribution in [3.8, 4) is 0 Å². The normalized spacial score (nSPS) is 14.7. The summed E-state index contributed by atoms with van der Waals surface area (Å²) in [5, 5.41) is 7.17. The third kappa shape index (κ3) is 2.40. The van der Waals surface area contributed by atoms with Gasteiger partial charge in [-0.2, -0.15) is 10.1 Å². The van der Waals surface area contributed by atoms with Crippen LogP contribution >= 0.6 is 23.2 Å². The van der Waals surface area contributed by atoms with Gasteiger partial charge < -0.3 is 5.32 Å². The van der Waals surface area contributed by atoms with E-state index in [1.807, 2.05) is 0 Å². The molecule has 17 heavy (non-hydrogen) atoms. The van der Waals surface area contributed by atoms with Crippen LogP contribution in [-0.4, -0.2) is 24.0 Å². The van der Waals surface area contributed by atoms with E-state index in [9.17, 15) is 9.59 Å². The summed E-state index contributed by atoms with van der Waals surface area (Å²) >= 11 is 11.2. The number of carbonyl (C=O) groups is 2. The van der Waals surface area contributed by atoms with Crippen molar-refractivity contribution in [3.63, 3.8) is 0 Å². The van der Waals surface area contributed by atoms with Crippen molar-refractivity contribution in [1.29, 1.82) is 0 Å². The Morgan fingerprint density at radius 3 is 2.88 bits per heavy atom. The number of hydrogen-bond acceptors (Lipinski definition) is 3. The zero-order valence-corrected chi connectivity index (χ0v) is 10.00. The summed E-state index contributed by atoms with van der Waals surface area (Å²) in [5.41, 5.74) is 0.561. The zero-order chi connectivity index (χ0) is 12.4. The molecule has 88 valence electrons. The number of hydrazone groups is 1. The van der Waals surface area contributed by atoms with Gasteiger partial charge in [-0.3, -0.25) is 4.79 Å². The highest BCUT2D eigenvalue weighted by atomic mass is 35.5. The Hall–Kier alpha value is -1.59. The van der Waals surface area contributed by atoms with Crippen molar-refractivity contribution in [3.05, 3.63) is 28.8 Å². The number of hydrogen-bond donors (Lipinski definition) is 1. The molecule has 5 nitrogen and oxygen atoms in total. The fourth-order valence-corrected chi connectivity index (χ4v) is 1.77. The summed E-state index contributed by atoms with van der Waals surface area (Å²) in [6.45, 7) is 0.379. The molecule has 1 aliphatic heterocycles. The molecule has 0 aromatic heterocycles. The van der Waals surface area contributed by atoms with Gasteiger partial charge in [-0.05, 0) is 29.8 Å². The van der Waals surface area contributed by atoms with Crippen molar-refractivity contribution in [1.82, 2.24) is 5.32 Å². The number of rotatable bonds is 2. The smallest absolute Gasteiger partial charge is 0.331 e. The van der Waals surface area contributed by atoms with Gasteiger partial charge in [0.1, 0.15) is 0 Å². The van der Waals surface area contributed by atoms with Crippen LogP contribution in [0.15, 0.2) is 23.3 Å². The first-order valence-corrected chi connectivity index (χ1v) is 5.45. The first kappa shape index (κ1) is 11.9. The minimum Gasteiger partial charge on any atom is -0.331 e. The van der Waals surface area contributed by atoms with Crippen molar-refractivity contribution < 1.29 is 9.59 Å². The van der Waals surface area contributed by atoms with Crippen molar-refractivity contribution in [2.45, 2.75) is 0 Å². The number of carbonyl (C=O) groups excluding carboxylic acids is 2. The van der Waals surface area contributed by atoms with Gasteiger partial charge in [-0.15, -0.1) is 0 Å². The minimum absolute atomic E-state index is 0.138. The summed E-state index contributed by atoms with van der Waals surface area (Å²) < 4.78 is 0. The van der Waals surface area contributed by atoms with Gasteiger partial charge in [0.15, 0.2) is 0 Å². The highest BCUT2D eigenvalue weighted by molar-refractivity contribution is 6.68. The average Bonchev–Trinajstić information content (AvgIpc) is 2.30. The lowest BCUT2D eigenvalue weighted by Crippen LogP contribution is -2.41. The minimum atomic E-state index is -0.682. The average molecular weight is 272 g/mol. The molecule has 0 radical (unpaired) electrons. The van der Waals surface area contributed by atoms with Crippen LogP contribution in [-0.2, 0) is 0 Å². The molecule has 1 heterocycles. The van der Waals surface area contributed by atoms with Gasteiger partial charge >= 0.3 is 6.03 Å². The van der Waals surface area contributed by atoms with Crippen LogP contribution in [0.5, 0.6) is 0 Å². The van der Waals surface area contributed by atoms with E-state index in [-0.39, 0.29) is 16.6 Å². The van der Waals surface area contributed by atoms with Gasteiger partial charge in [0.05, 0.1) is 22.8 Å². The maximum atomic E-state index is 11.5. The molecule has 1 aromatic rings. The number of anilines is 1. The second kappa shape index (κ2) is 4.73. The molecule has 2 rings (SSSR count). The van der Waals surface area contributed by atoms with Crippen molar-refractivity contribution >= 4 is 46.4 Å². The fraction of sp³-hybridized carbons (Fsp3) is 0.100. The number of nitrogens with zero attached hydrogens (tertiary/aromatic N) is 2. The maximum absolute atomic E-state index is 11.5. The molecular formula is C10H7Cl2N3O2. The van der Waals surface area contributed by atoms with Gasteiger partial charge in [0.2, 0.25) is 0 Å². The van der Waals surface area contributed by atoms with E-state index in [4.69, 9.17) is 23.2 Å². The molecule has 0 aliphatic carbocycles. The number of amides is 2. The summed E-state index contributed by atoms with van der Waals surface area (Å²) in [6, 6.07) is 4.11. The van der Waals surface area contributed by atoms with Crippen LogP contribution in [0.25, 0.3) is 0 Å². The van der Waals surface area contributed by atoms with Gasteiger partial charge in [-0.1, -0.05) is 11.6 Å². The van der Waals surface area contributed by atoms with Crippen LogP contribution in [0, 0.1) is 0 Å². The largest absolute Gasteiger partial charge is 0.342 e. The Morgan fingerprint density at radius 1 is 1.47 bits per heavy atom.